The fourth-order valence-electron chi connectivity index (χ4n) is 2.62. The zero-order chi connectivity index (χ0) is 12.4. The molecule has 2 aliphatic rings. The second kappa shape index (κ2) is 5.16. The fraction of sp³-hybridized carbons (Fsp3) is 0.571. The highest BCUT2D eigenvalue weighted by Gasteiger charge is 2.17. The molecule has 18 heavy (non-hydrogen) atoms. The Morgan fingerprint density at radius 3 is 2.78 bits per heavy atom. The van der Waals surface area contributed by atoms with E-state index in [0.29, 0.717) is 13.2 Å². The summed E-state index contributed by atoms with van der Waals surface area (Å²) >= 11 is 0. The van der Waals surface area contributed by atoms with Crippen molar-refractivity contribution >= 4 is 0 Å². The van der Waals surface area contributed by atoms with Crippen molar-refractivity contribution in [3.05, 3.63) is 23.3 Å². The van der Waals surface area contributed by atoms with Gasteiger partial charge >= 0.3 is 0 Å². The quantitative estimate of drug-likeness (QED) is 0.852. The van der Waals surface area contributed by atoms with Crippen LogP contribution in [0.3, 0.4) is 0 Å². The first-order chi connectivity index (χ1) is 8.83. The number of rotatable bonds is 2. The Hall–Kier alpha value is -1.26. The van der Waals surface area contributed by atoms with Crippen molar-refractivity contribution < 1.29 is 9.47 Å². The maximum atomic E-state index is 5.68. The van der Waals surface area contributed by atoms with Gasteiger partial charge in [0.1, 0.15) is 13.2 Å². The summed E-state index contributed by atoms with van der Waals surface area (Å²) in [6.07, 6.45) is 0. The number of hydrogen-bond acceptors (Lipinski definition) is 4. The van der Waals surface area contributed by atoms with E-state index in [-0.39, 0.29) is 0 Å². The molecule has 2 heterocycles. The molecule has 4 heteroatoms. The van der Waals surface area contributed by atoms with E-state index in [9.17, 15) is 0 Å². The summed E-state index contributed by atoms with van der Waals surface area (Å²) < 4.78 is 11.3. The van der Waals surface area contributed by atoms with E-state index in [1.807, 2.05) is 0 Å². The number of nitrogens with one attached hydrogen (secondary N) is 1. The SMILES string of the molecule is Cc1cc(CN2CCNCC2)cc2c1OCCO2. The van der Waals surface area contributed by atoms with Gasteiger partial charge in [-0.05, 0) is 24.1 Å². The number of ether oxygens (including phenoxy) is 2. The molecule has 1 aromatic carbocycles. The van der Waals surface area contributed by atoms with Gasteiger partial charge in [-0.3, -0.25) is 4.90 Å². The van der Waals surface area contributed by atoms with Crippen LogP contribution >= 0.6 is 0 Å². The topological polar surface area (TPSA) is 33.7 Å². The molecule has 98 valence electrons. The van der Waals surface area contributed by atoms with Crippen LogP contribution in [-0.2, 0) is 6.54 Å². The van der Waals surface area contributed by atoms with Gasteiger partial charge in [0.05, 0.1) is 0 Å². The second-order valence-corrected chi connectivity index (χ2v) is 4.96. The first kappa shape index (κ1) is 11.8. The van der Waals surface area contributed by atoms with E-state index in [4.69, 9.17) is 9.47 Å². The molecule has 0 amide bonds. The van der Waals surface area contributed by atoms with Crippen LogP contribution in [0.5, 0.6) is 11.5 Å². The van der Waals surface area contributed by atoms with Crippen LogP contribution in [-0.4, -0.2) is 44.3 Å². The molecular weight excluding hydrogens is 228 g/mol. The molecule has 0 aliphatic carbocycles. The van der Waals surface area contributed by atoms with E-state index >= 15 is 0 Å². The molecule has 0 radical (unpaired) electrons. The summed E-state index contributed by atoms with van der Waals surface area (Å²) in [5.41, 5.74) is 2.50. The molecule has 0 unspecified atom stereocenters. The van der Waals surface area contributed by atoms with Gasteiger partial charge in [0, 0.05) is 32.7 Å². The van der Waals surface area contributed by atoms with E-state index in [1.54, 1.807) is 0 Å². The van der Waals surface area contributed by atoms with Crippen molar-refractivity contribution in [3.63, 3.8) is 0 Å². The molecule has 0 aromatic heterocycles. The predicted octanol–water partition coefficient (Wildman–Crippen LogP) is 1.17. The molecule has 4 nitrogen and oxygen atoms in total. The zero-order valence-electron chi connectivity index (χ0n) is 10.9. The van der Waals surface area contributed by atoms with E-state index in [0.717, 1.165) is 44.2 Å². The molecule has 0 saturated carbocycles. The van der Waals surface area contributed by atoms with Gasteiger partial charge in [-0.15, -0.1) is 0 Å². The van der Waals surface area contributed by atoms with Crippen LogP contribution in [0.15, 0.2) is 12.1 Å². The molecule has 0 atom stereocenters. The minimum absolute atomic E-state index is 0.656. The summed E-state index contributed by atoms with van der Waals surface area (Å²) in [6, 6.07) is 4.35. The highest BCUT2D eigenvalue weighted by molar-refractivity contribution is 5.49. The van der Waals surface area contributed by atoms with Crippen molar-refractivity contribution in [3.8, 4) is 11.5 Å². The van der Waals surface area contributed by atoms with Gasteiger partial charge in [-0.1, -0.05) is 6.07 Å². The van der Waals surface area contributed by atoms with E-state index in [1.165, 1.54) is 11.1 Å². The number of benzene rings is 1. The first-order valence-corrected chi connectivity index (χ1v) is 6.65. The predicted molar refractivity (Wildman–Crippen MR) is 70.3 cm³/mol. The average molecular weight is 248 g/mol. The number of hydrogen-bond donors (Lipinski definition) is 1. The Morgan fingerprint density at radius 2 is 1.94 bits per heavy atom. The third-order valence-electron chi connectivity index (χ3n) is 3.50. The lowest BCUT2D eigenvalue weighted by Crippen LogP contribution is -2.42. The van der Waals surface area contributed by atoms with Crippen LogP contribution < -0.4 is 14.8 Å². The van der Waals surface area contributed by atoms with Crippen LogP contribution in [0.4, 0.5) is 0 Å². The number of piperazine rings is 1. The maximum Gasteiger partial charge on any atom is 0.164 e. The maximum absolute atomic E-state index is 5.68. The molecule has 1 aromatic rings. The Labute approximate surface area is 108 Å². The first-order valence-electron chi connectivity index (χ1n) is 6.65. The smallest absolute Gasteiger partial charge is 0.164 e. The van der Waals surface area contributed by atoms with Crippen LogP contribution in [0.1, 0.15) is 11.1 Å². The van der Waals surface area contributed by atoms with Crippen molar-refractivity contribution in [1.29, 1.82) is 0 Å². The second-order valence-electron chi connectivity index (χ2n) is 4.96. The van der Waals surface area contributed by atoms with Crippen molar-refractivity contribution in [2.24, 2.45) is 0 Å². The van der Waals surface area contributed by atoms with E-state index < -0.39 is 0 Å². The third-order valence-corrected chi connectivity index (χ3v) is 3.50. The molecule has 1 saturated heterocycles. The lowest BCUT2D eigenvalue weighted by molar-refractivity contribution is 0.169. The van der Waals surface area contributed by atoms with Crippen molar-refractivity contribution in [1.82, 2.24) is 10.2 Å². The van der Waals surface area contributed by atoms with Crippen LogP contribution in [0, 0.1) is 6.92 Å². The highest BCUT2D eigenvalue weighted by Crippen LogP contribution is 2.34. The fourth-order valence-corrected chi connectivity index (χ4v) is 2.62. The molecule has 0 spiro atoms. The molecule has 1 fully saturated rings. The third kappa shape index (κ3) is 2.44. The van der Waals surface area contributed by atoms with Gasteiger partial charge < -0.3 is 14.8 Å². The van der Waals surface area contributed by atoms with Crippen LogP contribution in [0.2, 0.25) is 0 Å². The minimum Gasteiger partial charge on any atom is -0.486 e. The summed E-state index contributed by atoms with van der Waals surface area (Å²) in [7, 11) is 0. The summed E-state index contributed by atoms with van der Waals surface area (Å²) in [6.45, 7) is 8.82. The van der Waals surface area contributed by atoms with Gasteiger partial charge in [0.25, 0.3) is 0 Å². The normalized spacial score (nSPS) is 19.8. The lowest BCUT2D eigenvalue weighted by atomic mass is 10.1. The van der Waals surface area contributed by atoms with Gasteiger partial charge in [0.2, 0.25) is 0 Å². The van der Waals surface area contributed by atoms with Gasteiger partial charge in [-0.25, -0.2) is 0 Å². The standard InChI is InChI=1S/C14H20N2O2/c1-11-8-12(10-16-4-2-15-3-5-16)9-13-14(11)18-7-6-17-13/h8-9,15H,2-7,10H2,1H3. The zero-order valence-corrected chi connectivity index (χ0v) is 10.9. The molecule has 1 N–H and O–H groups in total. The van der Waals surface area contributed by atoms with Crippen LogP contribution in [0.25, 0.3) is 0 Å². The average Bonchev–Trinajstić information content (AvgIpc) is 2.40. The van der Waals surface area contributed by atoms with Crippen molar-refractivity contribution in [2.75, 3.05) is 39.4 Å². The summed E-state index contributed by atoms with van der Waals surface area (Å²) in [5.74, 6) is 1.83. The molecule has 2 aliphatic heterocycles. The Morgan fingerprint density at radius 1 is 1.17 bits per heavy atom. The Kier molecular flexibility index (Phi) is 3.39. The molecule has 3 rings (SSSR count). The Balaban J connectivity index is 1.77. The number of aryl methyl sites for hydroxylation is 1. The van der Waals surface area contributed by atoms with Crippen molar-refractivity contribution in [2.45, 2.75) is 13.5 Å². The molecular formula is C14H20N2O2. The highest BCUT2D eigenvalue weighted by atomic mass is 16.6. The number of nitrogens with zero attached hydrogens (tertiary/aromatic N) is 1. The lowest BCUT2D eigenvalue weighted by Gasteiger charge is -2.28. The Bertz CT molecular complexity index is 428. The van der Waals surface area contributed by atoms with Gasteiger partial charge in [-0.2, -0.15) is 0 Å². The summed E-state index contributed by atoms with van der Waals surface area (Å²) in [5, 5.41) is 3.38. The largest absolute Gasteiger partial charge is 0.486 e. The summed E-state index contributed by atoms with van der Waals surface area (Å²) in [4.78, 5) is 2.47. The van der Waals surface area contributed by atoms with Gasteiger partial charge in [0.15, 0.2) is 11.5 Å². The molecule has 0 bridgehead atoms. The van der Waals surface area contributed by atoms with E-state index in [2.05, 4.69) is 29.3 Å². The monoisotopic (exact) mass is 248 g/mol. The minimum atomic E-state index is 0.656. The number of fused-ring (bicyclic) bond motifs is 1.